The molecule has 1 N–H and O–H groups in total. The number of rotatable bonds is 15. The minimum absolute atomic E-state index is 0.288. The molecule has 4 aromatic rings. The van der Waals surface area contributed by atoms with Gasteiger partial charge < -0.3 is 15.0 Å². The van der Waals surface area contributed by atoms with E-state index in [1.165, 1.54) is 19.2 Å². The first-order chi connectivity index (χ1) is 22.2. The predicted molar refractivity (Wildman–Crippen MR) is 184 cm³/mol. The Morgan fingerprint density at radius 3 is 2.28 bits per heavy atom. The number of benzene rings is 4. The van der Waals surface area contributed by atoms with Gasteiger partial charge in [-0.05, 0) is 102 Å². The number of thioether (sulfide) groups is 1. The number of amides is 1. The molecule has 0 saturated heterocycles. The number of hydrogen-bond acceptors (Lipinski definition) is 5. The molecule has 0 bridgehead atoms. The van der Waals surface area contributed by atoms with Gasteiger partial charge in [-0.1, -0.05) is 61.9 Å². The van der Waals surface area contributed by atoms with Crippen LogP contribution in [0.3, 0.4) is 0 Å². The summed E-state index contributed by atoms with van der Waals surface area (Å²) in [6.45, 7) is 4.86. The molecule has 0 aliphatic heterocycles. The van der Waals surface area contributed by atoms with E-state index >= 15 is 0 Å². The number of unbranched alkanes of at least 4 members (excludes halogenated alkanes) is 1. The van der Waals surface area contributed by atoms with Gasteiger partial charge in [0.05, 0.1) is 7.11 Å². The molecule has 46 heavy (non-hydrogen) atoms. The molecule has 0 aromatic heterocycles. The Bertz CT molecular complexity index is 1620. The SMILES string of the molecule is CCCCc1ccccc1N(Cc1cc(F)cc(F)c1)Cc1ccc(C(=O)NC(CCSC)C(=O)OC)c(-c2ccccc2C)c1. The van der Waals surface area contributed by atoms with Gasteiger partial charge in [-0.25, -0.2) is 13.6 Å². The van der Waals surface area contributed by atoms with Crippen molar-refractivity contribution in [2.24, 2.45) is 0 Å². The molecule has 0 fully saturated rings. The lowest BCUT2D eigenvalue weighted by molar-refractivity contribution is -0.142. The first-order valence-corrected chi connectivity index (χ1v) is 17.0. The van der Waals surface area contributed by atoms with E-state index in [0.29, 0.717) is 29.8 Å². The largest absolute Gasteiger partial charge is 0.467 e. The Kier molecular flexibility index (Phi) is 12.8. The first kappa shape index (κ1) is 34.7. The smallest absolute Gasteiger partial charge is 0.328 e. The summed E-state index contributed by atoms with van der Waals surface area (Å²) in [6, 6.07) is 24.5. The molecule has 4 aromatic carbocycles. The molecule has 0 heterocycles. The summed E-state index contributed by atoms with van der Waals surface area (Å²) in [7, 11) is 1.32. The summed E-state index contributed by atoms with van der Waals surface area (Å²) in [6.07, 6.45) is 5.34. The fourth-order valence-electron chi connectivity index (χ4n) is 5.62. The number of halogens is 2. The van der Waals surface area contributed by atoms with Crippen LogP contribution in [0, 0.1) is 18.6 Å². The Morgan fingerprint density at radius 1 is 0.891 bits per heavy atom. The van der Waals surface area contributed by atoms with Crippen LogP contribution >= 0.6 is 11.8 Å². The van der Waals surface area contributed by atoms with E-state index in [1.807, 2.05) is 67.8 Å². The molecule has 5 nitrogen and oxygen atoms in total. The Morgan fingerprint density at radius 2 is 1.59 bits per heavy atom. The van der Waals surface area contributed by atoms with E-state index in [4.69, 9.17) is 4.74 Å². The maximum atomic E-state index is 14.3. The molecule has 0 saturated carbocycles. The molecule has 1 atom stereocenters. The summed E-state index contributed by atoms with van der Waals surface area (Å²) in [5.74, 6) is -1.39. The number of para-hydroxylation sites is 1. The number of carbonyl (C=O) groups excluding carboxylic acids is 2. The van der Waals surface area contributed by atoms with Crippen molar-refractivity contribution in [1.29, 1.82) is 0 Å². The number of anilines is 1. The third kappa shape index (κ3) is 9.19. The van der Waals surface area contributed by atoms with Crippen molar-refractivity contribution in [3.63, 3.8) is 0 Å². The highest BCUT2D eigenvalue weighted by atomic mass is 32.2. The zero-order valence-corrected chi connectivity index (χ0v) is 27.8. The van der Waals surface area contributed by atoms with Gasteiger partial charge in [-0.3, -0.25) is 4.79 Å². The zero-order chi connectivity index (χ0) is 33.1. The van der Waals surface area contributed by atoms with Gasteiger partial charge in [0.2, 0.25) is 0 Å². The highest BCUT2D eigenvalue weighted by Gasteiger charge is 2.24. The average Bonchev–Trinajstić information content (AvgIpc) is 3.04. The number of aryl methyl sites for hydroxylation is 2. The third-order valence-corrected chi connectivity index (χ3v) is 8.61. The fourth-order valence-corrected chi connectivity index (χ4v) is 6.09. The van der Waals surface area contributed by atoms with Gasteiger partial charge in [0, 0.05) is 30.4 Å². The second-order valence-corrected chi connectivity index (χ2v) is 12.4. The Labute approximate surface area is 275 Å². The molecular weight excluding hydrogens is 602 g/mol. The monoisotopic (exact) mass is 644 g/mol. The van der Waals surface area contributed by atoms with Crippen LogP contribution in [-0.4, -0.2) is 37.0 Å². The Balaban J connectivity index is 1.77. The van der Waals surface area contributed by atoms with Crippen LogP contribution in [0.2, 0.25) is 0 Å². The van der Waals surface area contributed by atoms with Crippen LogP contribution in [-0.2, 0) is 29.0 Å². The number of esters is 1. The fraction of sp³-hybridized carbons (Fsp3) is 0.316. The molecule has 0 aliphatic rings. The minimum atomic E-state index is -0.767. The van der Waals surface area contributed by atoms with Crippen LogP contribution in [0.5, 0.6) is 0 Å². The number of hydrogen-bond donors (Lipinski definition) is 1. The molecule has 1 unspecified atom stereocenters. The lowest BCUT2D eigenvalue weighted by Crippen LogP contribution is -2.42. The van der Waals surface area contributed by atoms with E-state index in [1.54, 1.807) is 17.8 Å². The van der Waals surface area contributed by atoms with Crippen molar-refractivity contribution in [1.82, 2.24) is 5.32 Å². The molecule has 0 radical (unpaired) electrons. The predicted octanol–water partition coefficient (Wildman–Crippen LogP) is 8.51. The lowest BCUT2D eigenvalue weighted by atomic mass is 9.93. The normalized spacial score (nSPS) is 11.6. The van der Waals surface area contributed by atoms with Crippen molar-refractivity contribution >= 4 is 29.3 Å². The summed E-state index contributed by atoms with van der Waals surface area (Å²) in [4.78, 5) is 28.4. The van der Waals surface area contributed by atoms with Crippen LogP contribution in [0.4, 0.5) is 14.5 Å². The van der Waals surface area contributed by atoms with Gasteiger partial charge in [0.15, 0.2) is 0 Å². The van der Waals surface area contributed by atoms with Crippen molar-refractivity contribution in [3.05, 3.63) is 124 Å². The summed E-state index contributed by atoms with van der Waals surface area (Å²) < 4.78 is 33.5. The molecule has 0 aliphatic carbocycles. The Hall–Kier alpha value is -4.17. The number of nitrogens with zero attached hydrogens (tertiary/aromatic N) is 1. The van der Waals surface area contributed by atoms with Gasteiger partial charge in [0.25, 0.3) is 5.91 Å². The quantitative estimate of drug-likeness (QED) is 0.132. The van der Waals surface area contributed by atoms with Gasteiger partial charge in [0.1, 0.15) is 17.7 Å². The number of ether oxygens (including phenoxy) is 1. The summed E-state index contributed by atoms with van der Waals surface area (Å²) in [5.41, 5.74) is 6.68. The average molecular weight is 645 g/mol. The van der Waals surface area contributed by atoms with Crippen LogP contribution in [0.15, 0.2) is 84.9 Å². The van der Waals surface area contributed by atoms with Crippen molar-refractivity contribution in [3.8, 4) is 11.1 Å². The van der Waals surface area contributed by atoms with Crippen LogP contribution in [0.25, 0.3) is 11.1 Å². The number of carbonyl (C=O) groups is 2. The highest BCUT2D eigenvalue weighted by molar-refractivity contribution is 7.98. The molecule has 4 rings (SSSR count). The van der Waals surface area contributed by atoms with Crippen molar-refractivity contribution in [2.45, 2.75) is 58.7 Å². The van der Waals surface area contributed by atoms with E-state index in [2.05, 4.69) is 23.2 Å². The molecule has 242 valence electrons. The van der Waals surface area contributed by atoms with E-state index < -0.39 is 23.6 Å². The van der Waals surface area contributed by atoms with Crippen LogP contribution in [0.1, 0.15) is 58.8 Å². The molecule has 8 heteroatoms. The molecular formula is C38H42F2N2O3S. The van der Waals surface area contributed by atoms with Crippen LogP contribution < -0.4 is 10.2 Å². The maximum absolute atomic E-state index is 14.3. The number of methoxy groups -OCH3 is 1. The molecule has 1 amide bonds. The standard InChI is InChI=1S/C38H42F2N2O3S/c1-5-6-12-29-13-8-10-15-36(29)42(25-28-20-30(39)23-31(40)21-28)24-27-16-17-33(34(22-27)32-14-9-7-11-26(32)2)37(43)41-35(18-19-46-4)38(44)45-3/h7-11,13-17,20-23,35H,5-6,12,18-19,24-25H2,1-4H3,(H,41,43). The lowest BCUT2D eigenvalue weighted by Gasteiger charge is -2.28. The first-order valence-electron chi connectivity index (χ1n) is 15.6. The number of nitrogens with one attached hydrogen (secondary N) is 1. The topological polar surface area (TPSA) is 58.6 Å². The van der Waals surface area contributed by atoms with Gasteiger partial charge in [-0.2, -0.15) is 11.8 Å². The summed E-state index contributed by atoms with van der Waals surface area (Å²) in [5, 5.41) is 2.90. The maximum Gasteiger partial charge on any atom is 0.328 e. The minimum Gasteiger partial charge on any atom is -0.467 e. The van der Waals surface area contributed by atoms with Crippen molar-refractivity contribution < 1.29 is 23.1 Å². The van der Waals surface area contributed by atoms with E-state index in [9.17, 15) is 18.4 Å². The van der Waals surface area contributed by atoms with E-state index in [-0.39, 0.29) is 12.5 Å². The zero-order valence-electron chi connectivity index (χ0n) is 26.9. The van der Waals surface area contributed by atoms with Gasteiger partial charge in [-0.15, -0.1) is 0 Å². The second-order valence-electron chi connectivity index (χ2n) is 11.4. The van der Waals surface area contributed by atoms with Crippen molar-refractivity contribution in [2.75, 3.05) is 24.0 Å². The summed E-state index contributed by atoms with van der Waals surface area (Å²) >= 11 is 1.59. The molecule has 0 spiro atoms. The van der Waals surface area contributed by atoms with Gasteiger partial charge >= 0.3 is 5.97 Å². The second kappa shape index (κ2) is 16.9. The highest BCUT2D eigenvalue weighted by Crippen LogP contribution is 2.31. The third-order valence-electron chi connectivity index (χ3n) is 7.97. The van der Waals surface area contributed by atoms with E-state index in [0.717, 1.165) is 58.8 Å².